The minimum absolute atomic E-state index is 0.0196. The van der Waals surface area contributed by atoms with Crippen molar-refractivity contribution in [2.75, 3.05) is 13.1 Å². The maximum atomic E-state index is 13.1. The van der Waals surface area contributed by atoms with Gasteiger partial charge in [0.15, 0.2) is 0 Å². The summed E-state index contributed by atoms with van der Waals surface area (Å²) in [4.78, 5) is 26.0. The van der Waals surface area contributed by atoms with Crippen LogP contribution in [0, 0.1) is 15.5 Å². The number of hydrogen-bond donors (Lipinski definition) is 1. The van der Waals surface area contributed by atoms with Crippen LogP contribution in [0.25, 0.3) is 0 Å². The van der Waals surface area contributed by atoms with Crippen LogP contribution in [-0.4, -0.2) is 34.9 Å². The summed E-state index contributed by atoms with van der Waals surface area (Å²) < 4.78 is 0. The molecule has 1 aliphatic heterocycles. The van der Waals surface area contributed by atoms with Crippen molar-refractivity contribution in [2.45, 2.75) is 31.8 Å². The Morgan fingerprint density at radius 1 is 1.36 bits per heavy atom. The SMILES string of the molecule is O=C(c1ccc([N+](=O)[O-])s1)N(Cc1ccsc1)C1CC12CCNCC2. The normalized spacial score (nSPS) is 21.2. The van der Waals surface area contributed by atoms with Crippen molar-refractivity contribution in [3.8, 4) is 0 Å². The van der Waals surface area contributed by atoms with E-state index < -0.39 is 4.92 Å². The molecule has 8 heteroatoms. The lowest BCUT2D eigenvalue weighted by Gasteiger charge is -2.29. The molecule has 1 atom stereocenters. The summed E-state index contributed by atoms with van der Waals surface area (Å²) in [6, 6.07) is 5.29. The summed E-state index contributed by atoms with van der Waals surface area (Å²) in [6.45, 7) is 2.58. The number of nitrogens with zero attached hydrogens (tertiary/aromatic N) is 2. The Bertz CT molecular complexity index is 781. The van der Waals surface area contributed by atoms with Gasteiger partial charge in [0, 0.05) is 18.7 Å². The van der Waals surface area contributed by atoms with Gasteiger partial charge in [0.1, 0.15) is 0 Å². The number of nitrogens with one attached hydrogen (secondary N) is 1. The van der Waals surface area contributed by atoms with Crippen molar-refractivity contribution < 1.29 is 9.72 Å². The van der Waals surface area contributed by atoms with E-state index in [2.05, 4.69) is 10.7 Å². The second-order valence-corrected chi connectivity index (χ2v) is 8.63. The first kappa shape index (κ1) is 16.7. The van der Waals surface area contributed by atoms with Crippen LogP contribution in [0.5, 0.6) is 0 Å². The van der Waals surface area contributed by atoms with Crippen LogP contribution in [-0.2, 0) is 6.54 Å². The summed E-state index contributed by atoms with van der Waals surface area (Å²) in [5, 5.41) is 18.4. The van der Waals surface area contributed by atoms with Gasteiger partial charge in [-0.1, -0.05) is 11.3 Å². The van der Waals surface area contributed by atoms with Gasteiger partial charge in [-0.15, -0.1) is 0 Å². The molecule has 2 aromatic heterocycles. The molecule has 132 valence electrons. The first-order valence-electron chi connectivity index (χ1n) is 8.36. The molecule has 0 aromatic carbocycles. The van der Waals surface area contributed by atoms with E-state index in [1.807, 2.05) is 16.3 Å². The molecule has 1 aliphatic carbocycles. The van der Waals surface area contributed by atoms with Gasteiger partial charge in [-0.25, -0.2) is 0 Å². The first-order valence-corrected chi connectivity index (χ1v) is 10.1. The maximum Gasteiger partial charge on any atom is 0.324 e. The quantitative estimate of drug-likeness (QED) is 0.639. The van der Waals surface area contributed by atoms with Crippen molar-refractivity contribution in [3.05, 3.63) is 49.5 Å². The number of thiophene rings is 2. The highest BCUT2D eigenvalue weighted by molar-refractivity contribution is 7.17. The highest BCUT2D eigenvalue weighted by Gasteiger charge is 2.57. The second kappa shape index (κ2) is 6.51. The fourth-order valence-electron chi connectivity index (χ4n) is 3.81. The predicted molar refractivity (Wildman–Crippen MR) is 98.1 cm³/mol. The lowest BCUT2D eigenvalue weighted by molar-refractivity contribution is -0.380. The number of carbonyl (C=O) groups excluding carboxylic acids is 1. The average Bonchev–Trinajstić information content (AvgIpc) is 3.06. The van der Waals surface area contributed by atoms with Gasteiger partial charge in [0.25, 0.3) is 5.91 Å². The van der Waals surface area contributed by atoms with Crippen LogP contribution in [0.4, 0.5) is 5.00 Å². The van der Waals surface area contributed by atoms with E-state index in [0.717, 1.165) is 49.3 Å². The second-order valence-electron chi connectivity index (χ2n) is 6.79. The molecule has 0 bridgehead atoms. The molecular weight excluding hydrogens is 358 g/mol. The largest absolute Gasteiger partial charge is 0.330 e. The van der Waals surface area contributed by atoms with E-state index in [9.17, 15) is 14.9 Å². The minimum Gasteiger partial charge on any atom is -0.330 e. The van der Waals surface area contributed by atoms with Crippen LogP contribution in [0.2, 0.25) is 0 Å². The number of rotatable bonds is 5. The Hall–Kier alpha value is -1.77. The zero-order valence-electron chi connectivity index (χ0n) is 13.6. The molecule has 2 aliphatic rings. The third kappa shape index (κ3) is 3.21. The Balaban J connectivity index is 1.58. The van der Waals surface area contributed by atoms with E-state index in [-0.39, 0.29) is 22.4 Å². The van der Waals surface area contributed by atoms with Gasteiger partial charge in [-0.05, 0) is 66.2 Å². The minimum atomic E-state index is -0.434. The van der Waals surface area contributed by atoms with Crippen LogP contribution in [0.3, 0.4) is 0 Å². The van der Waals surface area contributed by atoms with Gasteiger partial charge in [0.2, 0.25) is 0 Å². The molecule has 1 spiro atoms. The van der Waals surface area contributed by atoms with Crippen molar-refractivity contribution in [1.29, 1.82) is 0 Å². The Kier molecular flexibility index (Phi) is 4.35. The van der Waals surface area contributed by atoms with E-state index in [1.54, 1.807) is 17.4 Å². The lowest BCUT2D eigenvalue weighted by Crippen LogP contribution is -2.38. The monoisotopic (exact) mass is 377 g/mol. The van der Waals surface area contributed by atoms with Gasteiger partial charge in [0.05, 0.1) is 9.80 Å². The summed E-state index contributed by atoms with van der Waals surface area (Å²) in [6.07, 6.45) is 3.23. The fourth-order valence-corrected chi connectivity index (χ4v) is 5.25. The summed E-state index contributed by atoms with van der Waals surface area (Å²) in [5.74, 6) is -0.0790. The molecule has 4 rings (SSSR count). The molecule has 1 amide bonds. The standard InChI is InChI=1S/C17H19N3O3S2/c21-16(13-1-2-15(25-13)20(22)23)19(10-12-3-8-24-11-12)14-9-17(14)4-6-18-7-5-17/h1-3,8,11,14,18H,4-7,9-10H2. The van der Waals surface area contributed by atoms with Crippen molar-refractivity contribution >= 4 is 33.6 Å². The topological polar surface area (TPSA) is 75.5 Å². The Morgan fingerprint density at radius 3 is 2.80 bits per heavy atom. The lowest BCUT2D eigenvalue weighted by atomic mass is 9.93. The van der Waals surface area contributed by atoms with E-state index in [0.29, 0.717) is 11.4 Å². The van der Waals surface area contributed by atoms with Gasteiger partial charge < -0.3 is 10.2 Å². The van der Waals surface area contributed by atoms with E-state index >= 15 is 0 Å². The fraction of sp³-hybridized carbons (Fsp3) is 0.471. The molecule has 3 heterocycles. The van der Waals surface area contributed by atoms with E-state index in [1.165, 1.54) is 6.07 Å². The Morgan fingerprint density at radius 2 is 2.16 bits per heavy atom. The van der Waals surface area contributed by atoms with Crippen LogP contribution in [0.1, 0.15) is 34.5 Å². The third-order valence-electron chi connectivity index (χ3n) is 5.30. The maximum absolute atomic E-state index is 13.1. The van der Waals surface area contributed by atoms with Crippen LogP contribution < -0.4 is 5.32 Å². The molecule has 25 heavy (non-hydrogen) atoms. The molecular formula is C17H19N3O3S2. The Labute approximate surface area is 153 Å². The molecule has 6 nitrogen and oxygen atoms in total. The molecule has 1 N–H and O–H groups in total. The molecule has 1 saturated heterocycles. The van der Waals surface area contributed by atoms with Crippen molar-refractivity contribution in [3.63, 3.8) is 0 Å². The summed E-state index contributed by atoms with van der Waals surface area (Å²) in [5.41, 5.74) is 1.36. The smallest absolute Gasteiger partial charge is 0.324 e. The number of piperidine rings is 1. The number of amides is 1. The van der Waals surface area contributed by atoms with E-state index in [4.69, 9.17) is 0 Å². The third-order valence-corrected chi connectivity index (χ3v) is 7.06. The first-order chi connectivity index (χ1) is 12.1. The molecule has 2 fully saturated rings. The van der Waals surface area contributed by atoms with Crippen LogP contribution in [0.15, 0.2) is 29.0 Å². The zero-order chi connectivity index (χ0) is 17.4. The highest BCUT2D eigenvalue weighted by Crippen LogP contribution is 2.56. The molecule has 1 saturated carbocycles. The van der Waals surface area contributed by atoms with Gasteiger partial charge in [-0.3, -0.25) is 14.9 Å². The zero-order valence-corrected chi connectivity index (χ0v) is 15.3. The number of carbonyl (C=O) groups is 1. The summed E-state index contributed by atoms with van der Waals surface area (Å²) in [7, 11) is 0. The highest BCUT2D eigenvalue weighted by atomic mass is 32.1. The number of nitro groups is 1. The summed E-state index contributed by atoms with van der Waals surface area (Å²) >= 11 is 2.59. The van der Waals surface area contributed by atoms with Gasteiger partial charge in [-0.2, -0.15) is 11.3 Å². The molecule has 0 radical (unpaired) electrons. The average molecular weight is 377 g/mol. The van der Waals surface area contributed by atoms with Crippen LogP contribution >= 0.6 is 22.7 Å². The van der Waals surface area contributed by atoms with Crippen molar-refractivity contribution in [2.24, 2.45) is 5.41 Å². The molecule has 2 aromatic rings. The van der Waals surface area contributed by atoms with Gasteiger partial charge >= 0.3 is 5.00 Å². The predicted octanol–water partition coefficient (Wildman–Crippen LogP) is 3.50. The van der Waals surface area contributed by atoms with Crippen molar-refractivity contribution in [1.82, 2.24) is 10.2 Å². The number of hydrogen-bond acceptors (Lipinski definition) is 6. The molecule has 1 unspecified atom stereocenters.